The number of carbonyl (C=O) groups is 1. The Bertz CT molecular complexity index is 1030. The Morgan fingerprint density at radius 1 is 1.19 bits per heavy atom. The van der Waals surface area contributed by atoms with Gasteiger partial charge < -0.3 is 10.1 Å². The van der Waals surface area contributed by atoms with Gasteiger partial charge >= 0.3 is 0 Å². The monoisotopic (exact) mass is 444 g/mol. The zero-order valence-corrected chi connectivity index (χ0v) is 19.5. The molecule has 6 nitrogen and oxygen atoms in total. The Morgan fingerprint density at radius 3 is 2.52 bits per heavy atom. The van der Waals surface area contributed by atoms with E-state index >= 15 is 0 Å². The van der Waals surface area contributed by atoms with E-state index in [1.54, 1.807) is 25.3 Å². The number of amides is 1. The quantitative estimate of drug-likeness (QED) is 0.691. The molecule has 1 aliphatic heterocycles. The molecule has 1 atom stereocenters. The van der Waals surface area contributed by atoms with Gasteiger partial charge in [0.1, 0.15) is 5.75 Å². The van der Waals surface area contributed by atoms with Crippen LogP contribution < -0.4 is 10.1 Å². The molecule has 1 aliphatic rings. The van der Waals surface area contributed by atoms with Crippen LogP contribution in [0.2, 0.25) is 0 Å². The van der Waals surface area contributed by atoms with Gasteiger partial charge in [-0.2, -0.15) is 4.31 Å². The van der Waals surface area contributed by atoms with Crippen LogP contribution in [0, 0.1) is 12.8 Å². The van der Waals surface area contributed by atoms with Gasteiger partial charge in [-0.25, -0.2) is 8.42 Å². The van der Waals surface area contributed by atoms with E-state index in [0.717, 1.165) is 29.7 Å². The van der Waals surface area contributed by atoms with Crippen LogP contribution in [-0.4, -0.2) is 38.8 Å². The number of nitrogens with one attached hydrogen (secondary N) is 1. The molecule has 1 heterocycles. The van der Waals surface area contributed by atoms with Gasteiger partial charge in [0.05, 0.1) is 18.0 Å². The number of aryl methyl sites for hydroxylation is 1. The minimum Gasteiger partial charge on any atom is -0.496 e. The van der Waals surface area contributed by atoms with Crippen LogP contribution in [0.1, 0.15) is 60.6 Å². The number of piperidine rings is 1. The number of rotatable bonds is 7. The highest BCUT2D eigenvalue weighted by molar-refractivity contribution is 7.89. The summed E-state index contributed by atoms with van der Waals surface area (Å²) in [5, 5.41) is 3.04. The molecule has 1 amide bonds. The van der Waals surface area contributed by atoms with Crippen LogP contribution >= 0.6 is 0 Å². The van der Waals surface area contributed by atoms with Crippen LogP contribution in [0.15, 0.2) is 47.4 Å². The van der Waals surface area contributed by atoms with Crippen molar-refractivity contribution in [3.05, 3.63) is 59.2 Å². The smallest absolute Gasteiger partial charge is 0.251 e. The molecule has 0 aliphatic carbocycles. The zero-order valence-electron chi connectivity index (χ0n) is 18.7. The van der Waals surface area contributed by atoms with Crippen molar-refractivity contribution in [2.45, 2.75) is 51.0 Å². The van der Waals surface area contributed by atoms with Crippen LogP contribution in [0.25, 0.3) is 0 Å². The Kier molecular flexibility index (Phi) is 7.38. The Balaban J connectivity index is 1.78. The molecule has 1 unspecified atom stereocenters. The van der Waals surface area contributed by atoms with Crippen molar-refractivity contribution >= 4 is 15.9 Å². The fourth-order valence-corrected chi connectivity index (χ4v) is 5.47. The van der Waals surface area contributed by atoms with Gasteiger partial charge in [0.2, 0.25) is 10.0 Å². The van der Waals surface area contributed by atoms with Gasteiger partial charge in [-0.3, -0.25) is 4.79 Å². The second-order valence-electron chi connectivity index (χ2n) is 8.28. The maximum Gasteiger partial charge on any atom is 0.251 e. The molecular formula is C24H32N2O4S. The molecule has 7 heteroatoms. The van der Waals surface area contributed by atoms with E-state index in [2.05, 4.69) is 12.2 Å². The number of carbonyl (C=O) groups excluding carboxylic acids is 1. The average molecular weight is 445 g/mol. The van der Waals surface area contributed by atoms with E-state index in [-0.39, 0.29) is 16.8 Å². The molecular weight excluding hydrogens is 412 g/mol. The van der Waals surface area contributed by atoms with Crippen molar-refractivity contribution in [2.24, 2.45) is 5.92 Å². The lowest BCUT2D eigenvalue weighted by atomic mass is 10.0. The fraction of sp³-hybridized carbons (Fsp3) is 0.458. The van der Waals surface area contributed by atoms with E-state index in [4.69, 9.17) is 4.74 Å². The van der Waals surface area contributed by atoms with Crippen molar-refractivity contribution in [1.82, 2.24) is 9.62 Å². The number of sulfonamides is 1. The molecule has 1 fully saturated rings. The Labute approximate surface area is 185 Å². The third kappa shape index (κ3) is 5.28. The maximum absolute atomic E-state index is 13.0. The van der Waals surface area contributed by atoms with E-state index in [0.29, 0.717) is 31.0 Å². The Hall–Kier alpha value is -2.38. The van der Waals surface area contributed by atoms with Crippen LogP contribution in [0.3, 0.4) is 0 Å². The third-order valence-electron chi connectivity index (χ3n) is 6.01. The van der Waals surface area contributed by atoms with Gasteiger partial charge in [-0.15, -0.1) is 0 Å². The molecule has 1 saturated heterocycles. The minimum absolute atomic E-state index is 0.169. The summed E-state index contributed by atoms with van der Waals surface area (Å²) in [6.07, 6.45) is 2.43. The second kappa shape index (κ2) is 9.83. The van der Waals surface area contributed by atoms with Crippen molar-refractivity contribution in [1.29, 1.82) is 0 Å². The highest BCUT2D eigenvalue weighted by atomic mass is 32.2. The Morgan fingerprint density at radius 2 is 1.90 bits per heavy atom. The second-order valence-corrected chi connectivity index (χ2v) is 10.2. The summed E-state index contributed by atoms with van der Waals surface area (Å²) in [5.74, 6) is 1.05. The normalized spacial score (nSPS) is 16.6. The first-order valence-corrected chi connectivity index (χ1v) is 12.3. The largest absolute Gasteiger partial charge is 0.496 e. The predicted octanol–water partition coefficient (Wildman–Crippen LogP) is 4.31. The van der Waals surface area contributed by atoms with Crippen LogP contribution in [0.4, 0.5) is 0 Å². The van der Waals surface area contributed by atoms with Crippen molar-refractivity contribution in [3.8, 4) is 5.75 Å². The van der Waals surface area contributed by atoms with Gasteiger partial charge in [-0.05, 0) is 67.5 Å². The highest BCUT2D eigenvalue weighted by Gasteiger charge is 2.28. The molecule has 2 aromatic rings. The average Bonchev–Trinajstić information content (AvgIpc) is 2.77. The van der Waals surface area contributed by atoms with Crippen molar-refractivity contribution in [3.63, 3.8) is 0 Å². The van der Waals surface area contributed by atoms with Gasteiger partial charge in [0.25, 0.3) is 5.91 Å². The fourth-order valence-electron chi connectivity index (χ4n) is 3.95. The van der Waals surface area contributed by atoms with Crippen LogP contribution in [0.5, 0.6) is 5.75 Å². The van der Waals surface area contributed by atoms with Gasteiger partial charge in [0.15, 0.2) is 0 Å². The molecule has 0 radical (unpaired) electrons. The molecule has 1 N–H and O–H groups in total. The van der Waals surface area contributed by atoms with Crippen molar-refractivity contribution in [2.75, 3.05) is 20.2 Å². The number of benzene rings is 2. The summed E-state index contributed by atoms with van der Waals surface area (Å²) in [6.45, 7) is 7.15. The SMILES string of the molecule is CCC(NC(=O)c1cccc(S(=O)(=O)N2CCC(C)CC2)c1)c1ccc(OC)c(C)c1. The molecule has 2 aromatic carbocycles. The summed E-state index contributed by atoms with van der Waals surface area (Å²) < 4.78 is 32.9. The van der Waals surface area contributed by atoms with Crippen LogP contribution in [-0.2, 0) is 10.0 Å². The van der Waals surface area contributed by atoms with E-state index in [1.165, 1.54) is 10.4 Å². The standard InChI is InChI=1S/C24H32N2O4S/c1-5-22(19-9-10-23(30-4)18(3)15-19)25-24(27)20-7-6-8-21(16-20)31(28,29)26-13-11-17(2)12-14-26/h6-10,15-17,22H,5,11-14H2,1-4H3,(H,25,27). The number of nitrogens with zero attached hydrogens (tertiary/aromatic N) is 1. The molecule has 31 heavy (non-hydrogen) atoms. The summed E-state index contributed by atoms with van der Waals surface area (Å²) in [7, 11) is -1.97. The topological polar surface area (TPSA) is 75.7 Å². The lowest BCUT2D eigenvalue weighted by Gasteiger charge is -2.29. The number of ether oxygens (including phenoxy) is 1. The maximum atomic E-state index is 13.0. The third-order valence-corrected chi connectivity index (χ3v) is 7.91. The van der Waals surface area contributed by atoms with Crippen molar-refractivity contribution < 1.29 is 17.9 Å². The van der Waals surface area contributed by atoms with E-state index in [9.17, 15) is 13.2 Å². The van der Waals surface area contributed by atoms with E-state index in [1.807, 2.05) is 32.0 Å². The lowest BCUT2D eigenvalue weighted by molar-refractivity contribution is 0.0935. The first-order valence-electron chi connectivity index (χ1n) is 10.8. The predicted molar refractivity (Wildman–Crippen MR) is 122 cm³/mol. The summed E-state index contributed by atoms with van der Waals surface area (Å²) >= 11 is 0. The number of hydrogen-bond acceptors (Lipinski definition) is 4. The molecule has 0 bridgehead atoms. The molecule has 0 saturated carbocycles. The summed E-state index contributed by atoms with van der Waals surface area (Å²) in [6, 6.07) is 12.0. The number of hydrogen-bond donors (Lipinski definition) is 1. The first-order chi connectivity index (χ1) is 14.8. The molecule has 168 valence electrons. The zero-order chi connectivity index (χ0) is 22.6. The summed E-state index contributed by atoms with van der Waals surface area (Å²) in [4.78, 5) is 13.1. The van der Waals surface area contributed by atoms with Gasteiger partial charge in [-0.1, -0.05) is 32.0 Å². The molecule has 0 spiro atoms. The minimum atomic E-state index is -3.60. The molecule has 3 rings (SSSR count). The number of methoxy groups -OCH3 is 1. The van der Waals surface area contributed by atoms with E-state index < -0.39 is 10.0 Å². The lowest BCUT2D eigenvalue weighted by Crippen LogP contribution is -2.38. The highest BCUT2D eigenvalue weighted by Crippen LogP contribution is 2.26. The summed E-state index contributed by atoms with van der Waals surface area (Å²) in [5.41, 5.74) is 2.33. The first kappa shape index (κ1) is 23.3. The molecule has 0 aromatic heterocycles. The van der Waals surface area contributed by atoms with Gasteiger partial charge in [0, 0.05) is 18.7 Å².